The van der Waals surface area contributed by atoms with Crippen molar-refractivity contribution in [2.45, 2.75) is 6.54 Å². The molecule has 0 aliphatic carbocycles. The van der Waals surface area contributed by atoms with Crippen LogP contribution in [0.1, 0.15) is 15.9 Å². The van der Waals surface area contributed by atoms with Gasteiger partial charge in [-0.2, -0.15) is 0 Å². The van der Waals surface area contributed by atoms with E-state index in [1.165, 1.54) is 23.1 Å². The van der Waals surface area contributed by atoms with Gasteiger partial charge in [0.25, 0.3) is 5.91 Å². The van der Waals surface area contributed by atoms with Crippen molar-refractivity contribution < 1.29 is 28.2 Å². The maximum absolute atomic E-state index is 13.2. The summed E-state index contributed by atoms with van der Waals surface area (Å²) >= 11 is 0. The predicted octanol–water partition coefficient (Wildman–Crippen LogP) is 2.41. The monoisotopic (exact) mass is 359 g/mol. The third-order valence-electron chi connectivity index (χ3n) is 3.84. The molecule has 2 aromatic rings. The quantitative estimate of drug-likeness (QED) is 0.767. The topological polar surface area (TPSA) is 65.1 Å². The van der Waals surface area contributed by atoms with E-state index in [9.17, 15) is 14.0 Å². The molecule has 0 saturated heterocycles. The van der Waals surface area contributed by atoms with Crippen molar-refractivity contribution in [3.63, 3.8) is 0 Å². The van der Waals surface area contributed by atoms with Crippen molar-refractivity contribution in [2.24, 2.45) is 0 Å². The minimum absolute atomic E-state index is 0.220. The van der Waals surface area contributed by atoms with Crippen molar-refractivity contribution in [3.05, 3.63) is 59.4 Å². The minimum atomic E-state index is -0.630. The number of nitrogens with zero attached hydrogens (tertiary/aromatic N) is 1. The first-order valence-electron chi connectivity index (χ1n) is 8.08. The van der Waals surface area contributed by atoms with E-state index in [-0.39, 0.29) is 23.8 Å². The molecule has 1 aliphatic rings. The van der Waals surface area contributed by atoms with E-state index < -0.39 is 12.6 Å². The van der Waals surface area contributed by atoms with Crippen LogP contribution in [0.2, 0.25) is 0 Å². The lowest BCUT2D eigenvalue weighted by Gasteiger charge is -2.19. The van der Waals surface area contributed by atoms with Gasteiger partial charge >= 0.3 is 5.97 Å². The smallest absolute Gasteiger partial charge is 0.338 e. The van der Waals surface area contributed by atoms with Gasteiger partial charge in [0.15, 0.2) is 18.1 Å². The zero-order chi connectivity index (χ0) is 18.5. The summed E-state index contributed by atoms with van der Waals surface area (Å²) in [5.74, 6) is -0.345. The number of fused-ring (bicyclic) bond motifs is 1. The second-order valence-electron chi connectivity index (χ2n) is 5.81. The van der Waals surface area contributed by atoms with Crippen molar-refractivity contribution in [2.75, 3.05) is 26.9 Å². The lowest BCUT2D eigenvalue weighted by atomic mass is 10.2. The fourth-order valence-corrected chi connectivity index (χ4v) is 2.49. The van der Waals surface area contributed by atoms with E-state index in [2.05, 4.69) is 0 Å². The molecule has 6 nitrogen and oxygen atoms in total. The van der Waals surface area contributed by atoms with Crippen LogP contribution in [0.15, 0.2) is 42.5 Å². The Morgan fingerprint density at radius 1 is 1.12 bits per heavy atom. The molecule has 1 aliphatic heterocycles. The van der Waals surface area contributed by atoms with E-state index in [4.69, 9.17) is 14.2 Å². The first-order chi connectivity index (χ1) is 12.5. The van der Waals surface area contributed by atoms with Gasteiger partial charge in [-0.3, -0.25) is 4.79 Å². The summed E-state index contributed by atoms with van der Waals surface area (Å²) in [5.41, 5.74) is 0.925. The number of hydrogen-bond donors (Lipinski definition) is 0. The van der Waals surface area contributed by atoms with Gasteiger partial charge < -0.3 is 19.1 Å². The van der Waals surface area contributed by atoms with Crippen molar-refractivity contribution >= 4 is 11.9 Å². The summed E-state index contributed by atoms with van der Waals surface area (Å²) in [4.78, 5) is 25.6. The van der Waals surface area contributed by atoms with Crippen LogP contribution in [0, 0.1) is 5.82 Å². The summed E-state index contributed by atoms with van der Waals surface area (Å²) in [6, 6.07) is 10.7. The van der Waals surface area contributed by atoms with Gasteiger partial charge in [0.05, 0.1) is 5.56 Å². The molecule has 0 atom stereocenters. The lowest BCUT2D eigenvalue weighted by molar-refractivity contribution is -0.133. The molecular weight excluding hydrogens is 341 g/mol. The Morgan fingerprint density at radius 2 is 1.88 bits per heavy atom. The molecular formula is C19H18FNO5. The number of amides is 1. The summed E-state index contributed by atoms with van der Waals surface area (Å²) < 4.78 is 29.1. The van der Waals surface area contributed by atoms with Crippen LogP contribution in [0.5, 0.6) is 11.5 Å². The Hall–Kier alpha value is -3.09. The van der Waals surface area contributed by atoms with Gasteiger partial charge in [-0.05, 0) is 35.9 Å². The third kappa shape index (κ3) is 4.30. The highest BCUT2D eigenvalue weighted by Crippen LogP contribution is 2.30. The highest BCUT2D eigenvalue weighted by molar-refractivity contribution is 5.92. The zero-order valence-electron chi connectivity index (χ0n) is 14.2. The molecule has 0 spiro atoms. The van der Waals surface area contributed by atoms with E-state index in [1.807, 2.05) is 0 Å². The van der Waals surface area contributed by atoms with Gasteiger partial charge in [-0.15, -0.1) is 0 Å². The van der Waals surface area contributed by atoms with Crippen molar-refractivity contribution in [3.8, 4) is 11.5 Å². The molecule has 1 amide bonds. The number of carbonyl (C=O) groups excluding carboxylic acids is 2. The SMILES string of the molecule is CN(Cc1cccc(F)c1)C(=O)COC(=O)c1ccc2c(c1)OCCO2. The fourth-order valence-electron chi connectivity index (χ4n) is 2.49. The molecule has 7 heteroatoms. The van der Waals surface area contributed by atoms with E-state index >= 15 is 0 Å². The number of carbonyl (C=O) groups is 2. The Kier molecular flexibility index (Phi) is 5.36. The zero-order valence-corrected chi connectivity index (χ0v) is 14.2. The number of ether oxygens (including phenoxy) is 3. The Balaban J connectivity index is 1.54. The molecule has 1 heterocycles. The normalized spacial score (nSPS) is 12.4. The summed E-state index contributed by atoms with van der Waals surface area (Å²) in [6.45, 7) is 0.690. The van der Waals surface area contributed by atoms with Gasteiger partial charge in [0.1, 0.15) is 19.0 Å². The number of esters is 1. The predicted molar refractivity (Wildman–Crippen MR) is 90.6 cm³/mol. The average Bonchev–Trinajstić information content (AvgIpc) is 2.65. The van der Waals surface area contributed by atoms with E-state index in [1.54, 1.807) is 31.3 Å². The molecule has 0 saturated carbocycles. The first-order valence-corrected chi connectivity index (χ1v) is 8.08. The number of rotatable bonds is 5. The lowest BCUT2D eigenvalue weighted by Crippen LogP contribution is -2.30. The van der Waals surface area contributed by atoms with E-state index in [0.717, 1.165) is 0 Å². The highest BCUT2D eigenvalue weighted by Gasteiger charge is 2.18. The minimum Gasteiger partial charge on any atom is -0.486 e. The average molecular weight is 359 g/mol. The molecule has 0 fully saturated rings. The Morgan fingerprint density at radius 3 is 2.65 bits per heavy atom. The van der Waals surface area contributed by atoms with Crippen LogP contribution in [0.3, 0.4) is 0 Å². The molecule has 26 heavy (non-hydrogen) atoms. The van der Waals surface area contributed by atoms with Crippen LogP contribution in [-0.2, 0) is 16.1 Å². The Bertz CT molecular complexity index is 823. The fraction of sp³-hybridized carbons (Fsp3) is 0.263. The van der Waals surface area contributed by atoms with Crippen LogP contribution in [0.4, 0.5) is 4.39 Å². The number of hydrogen-bond acceptors (Lipinski definition) is 5. The third-order valence-corrected chi connectivity index (χ3v) is 3.84. The van der Waals surface area contributed by atoms with Gasteiger partial charge in [-0.25, -0.2) is 9.18 Å². The van der Waals surface area contributed by atoms with Crippen LogP contribution >= 0.6 is 0 Å². The molecule has 0 N–H and O–H groups in total. The largest absolute Gasteiger partial charge is 0.486 e. The van der Waals surface area contributed by atoms with Gasteiger partial charge in [0.2, 0.25) is 0 Å². The molecule has 0 bridgehead atoms. The Labute approximate surface area is 150 Å². The molecule has 0 aromatic heterocycles. The maximum atomic E-state index is 13.2. The summed E-state index contributed by atoms with van der Waals surface area (Å²) in [7, 11) is 1.56. The molecule has 0 radical (unpaired) electrons. The number of halogens is 1. The maximum Gasteiger partial charge on any atom is 0.338 e. The van der Waals surface area contributed by atoms with Crippen molar-refractivity contribution in [1.82, 2.24) is 4.90 Å². The second-order valence-corrected chi connectivity index (χ2v) is 5.81. The van der Waals surface area contributed by atoms with Gasteiger partial charge in [-0.1, -0.05) is 12.1 Å². The first kappa shape index (κ1) is 17.7. The number of likely N-dealkylation sites (N-methyl/N-ethyl adjacent to an activating group) is 1. The van der Waals surface area contributed by atoms with Crippen LogP contribution in [-0.4, -0.2) is 43.6 Å². The standard InChI is InChI=1S/C19H18FNO5/c1-21(11-13-3-2-4-15(20)9-13)18(22)12-26-19(23)14-5-6-16-17(10-14)25-8-7-24-16/h2-6,9-10H,7-8,11-12H2,1H3. The summed E-state index contributed by atoms with van der Waals surface area (Å²) in [5, 5.41) is 0. The molecule has 0 unspecified atom stereocenters. The van der Waals surface area contributed by atoms with Crippen molar-refractivity contribution in [1.29, 1.82) is 0 Å². The highest BCUT2D eigenvalue weighted by atomic mass is 19.1. The van der Waals surface area contributed by atoms with Gasteiger partial charge in [0, 0.05) is 13.6 Å². The molecule has 3 rings (SSSR count). The molecule has 136 valence electrons. The van der Waals surface area contributed by atoms with Crippen LogP contribution in [0.25, 0.3) is 0 Å². The molecule has 2 aromatic carbocycles. The van der Waals surface area contributed by atoms with E-state index in [0.29, 0.717) is 30.3 Å². The summed E-state index contributed by atoms with van der Waals surface area (Å²) in [6.07, 6.45) is 0. The second kappa shape index (κ2) is 7.86. The van der Waals surface area contributed by atoms with Crippen LogP contribution < -0.4 is 9.47 Å². The number of benzene rings is 2.